The monoisotopic (exact) mass is 282 g/mol. The van der Waals surface area contributed by atoms with Crippen LogP contribution >= 0.6 is 0 Å². The molecule has 2 aliphatic rings. The minimum Gasteiger partial charge on any atom is -0.444 e. The summed E-state index contributed by atoms with van der Waals surface area (Å²) in [6.07, 6.45) is 8.01. The van der Waals surface area contributed by atoms with Gasteiger partial charge in [0.2, 0.25) is 0 Å². The maximum atomic E-state index is 12.2. The summed E-state index contributed by atoms with van der Waals surface area (Å²) in [4.78, 5) is 14.1. The first-order chi connectivity index (χ1) is 9.30. The van der Waals surface area contributed by atoms with Crippen LogP contribution in [0.5, 0.6) is 0 Å². The lowest BCUT2D eigenvalue weighted by Gasteiger charge is -2.45. The molecule has 4 nitrogen and oxygen atoms in total. The van der Waals surface area contributed by atoms with Crippen molar-refractivity contribution in [3.63, 3.8) is 0 Å². The lowest BCUT2D eigenvalue weighted by Crippen LogP contribution is -2.55. The highest BCUT2D eigenvalue weighted by Gasteiger charge is 2.39. The van der Waals surface area contributed by atoms with Gasteiger partial charge >= 0.3 is 6.09 Å². The van der Waals surface area contributed by atoms with Gasteiger partial charge in [0.25, 0.3) is 0 Å². The molecule has 1 unspecified atom stereocenters. The highest BCUT2D eigenvalue weighted by Crippen LogP contribution is 2.37. The Hall–Kier alpha value is -0.770. The Labute approximate surface area is 123 Å². The third-order valence-electron chi connectivity index (χ3n) is 4.67. The number of likely N-dealkylation sites (tertiary alicyclic amines) is 1. The second-order valence-electron chi connectivity index (χ2n) is 7.56. The normalized spacial score (nSPS) is 27.2. The third kappa shape index (κ3) is 3.87. The van der Waals surface area contributed by atoms with Crippen LogP contribution < -0.4 is 5.73 Å². The van der Waals surface area contributed by atoms with Gasteiger partial charge in [-0.1, -0.05) is 19.3 Å². The second kappa shape index (κ2) is 5.92. The van der Waals surface area contributed by atoms with Crippen molar-refractivity contribution in [1.82, 2.24) is 4.90 Å². The molecule has 0 aromatic rings. The zero-order valence-corrected chi connectivity index (χ0v) is 13.3. The van der Waals surface area contributed by atoms with Crippen molar-refractivity contribution in [2.24, 2.45) is 11.7 Å². The summed E-state index contributed by atoms with van der Waals surface area (Å²) in [6.45, 7) is 7.32. The summed E-state index contributed by atoms with van der Waals surface area (Å²) in [5.74, 6) is 0.434. The van der Waals surface area contributed by atoms with E-state index in [-0.39, 0.29) is 11.6 Å². The molecule has 4 heteroatoms. The number of rotatable bonds is 1. The summed E-state index contributed by atoms with van der Waals surface area (Å²) >= 11 is 0. The molecule has 0 spiro atoms. The molecule has 116 valence electrons. The van der Waals surface area contributed by atoms with Crippen molar-refractivity contribution in [1.29, 1.82) is 0 Å². The fraction of sp³-hybridized carbons (Fsp3) is 0.938. The van der Waals surface area contributed by atoms with E-state index in [1.807, 2.05) is 25.7 Å². The van der Waals surface area contributed by atoms with Crippen LogP contribution in [0.25, 0.3) is 0 Å². The van der Waals surface area contributed by atoms with Crippen molar-refractivity contribution in [3.05, 3.63) is 0 Å². The zero-order chi connectivity index (χ0) is 14.8. The Morgan fingerprint density at radius 1 is 1.20 bits per heavy atom. The van der Waals surface area contributed by atoms with Crippen molar-refractivity contribution in [2.45, 2.75) is 76.9 Å². The Kier molecular flexibility index (Phi) is 4.62. The summed E-state index contributed by atoms with van der Waals surface area (Å²) < 4.78 is 5.49. The average molecular weight is 282 g/mol. The van der Waals surface area contributed by atoms with Crippen LogP contribution in [0.2, 0.25) is 0 Å². The molecule has 1 saturated carbocycles. The predicted molar refractivity (Wildman–Crippen MR) is 80.5 cm³/mol. The zero-order valence-electron chi connectivity index (χ0n) is 13.3. The molecule has 0 bridgehead atoms. The number of ether oxygens (including phenoxy) is 1. The van der Waals surface area contributed by atoms with Crippen LogP contribution in [0.3, 0.4) is 0 Å². The van der Waals surface area contributed by atoms with E-state index < -0.39 is 5.60 Å². The van der Waals surface area contributed by atoms with Crippen LogP contribution in [0, 0.1) is 5.92 Å². The number of amides is 1. The topological polar surface area (TPSA) is 55.6 Å². The van der Waals surface area contributed by atoms with Gasteiger partial charge < -0.3 is 15.4 Å². The van der Waals surface area contributed by atoms with E-state index in [9.17, 15) is 4.79 Å². The molecule has 20 heavy (non-hydrogen) atoms. The van der Waals surface area contributed by atoms with Crippen LogP contribution in [0.1, 0.15) is 65.7 Å². The molecule has 0 radical (unpaired) electrons. The van der Waals surface area contributed by atoms with E-state index in [0.29, 0.717) is 5.92 Å². The Morgan fingerprint density at radius 3 is 2.45 bits per heavy atom. The van der Waals surface area contributed by atoms with Gasteiger partial charge in [-0.25, -0.2) is 4.79 Å². The van der Waals surface area contributed by atoms with Crippen molar-refractivity contribution >= 4 is 6.09 Å². The van der Waals surface area contributed by atoms with Gasteiger partial charge in [0.1, 0.15) is 5.60 Å². The molecule has 1 atom stereocenters. The standard InChI is InChI=1S/C16H30N2O2/c1-15(2,3)20-14(19)18-11-7-8-13(12-18)16(17)9-5-4-6-10-16/h13H,4-12,17H2,1-3H3. The number of piperidine rings is 1. The number of carbonyl (C=O) groups excluding carboxylic acids is 1. The van der Waals surface area contributed by atoms with Gasteiger partial charge in [0.15, 0.2) is 0 Å². The quantitative estimate of drug-likeness (QED) is 0.803. The van der Waals surface area contributed by atoms with Gasteiger partial charge in [-0.3, -0.25) is 0 Å². The maximum absolute atomic E-state index is 12.2. The van der Waals surface area contributed by atoms with E-state index in [4.69, 9.17) is 10.5 Å². The van der Waals surface area contributed by atoms with Gasteiger partial charge in [0, 0.05) is 18.6 Å². The summed E-state index contributed by atoms with van der Waals surface area (Å²) in [5, 5.41) is 0. The molecule has 1 aliphatic heterocycles. The molecule has 1 saturated heterocycles. The van der Waals surface area contributed by atoms with Crippen molar-refractivity contribution in [2.75, 3.05) is 13.1 Å². The highest BCUT2D eigenvalue weighted by atomic mass is 16.6. The first-order valence-corrected chi connectivity index (χ1v) is 8.07. The smallest absolute Gasteiger partial charge is 0.410 e. The summed E-state index contributed by atoms with van der Waals surface area (Å²) in [7, 11) is 0. The van der Waals surface area contributed by atoms with Gasteiger partial charge in [0.05, 0.1) is 0 Å². The highest BCUT2D eigenvalue weighted by molar-refractivity contribution is 5.68. The second-order valence-corrected chi connectivity index (χ2v) is 7.56. The number of hydrogen-bond acceptors (Lipinski definition) is 3. The van der Waals surface area contributed by atoms with E-state index >= 15 is 0 Å². The third-order valence-corrected chi connectivity index (χ3v) is 4.67. The number of carbonyl (C=O) groups is 1. The molecule has 0 aromatic carbocycles. The lowest BCUT2D eigenvalue weighted by atomic mass is 9.70. The Morgan fingerprint density at radius 2 is 1.85 bits per heavy atom. The van der Waals surface area contributed by atoms with Crippen LogP contribution in [0.4, 0.5) is 4.79 Å². The van der Waals surface area contributed by atoms with E-state index in [1.165, 1.54) is 19.3 Å². The van der Waals surface area contributed by atoms with Gasteiger partial charge in [-0.15, -0.1) is 0 Å². The van der Waals surface area contributed by atoms with E-state index in [2.05, 4.69) is 0 Å². The Bertz CT molecular complexity index is 343. The first-order valence-electron chi connectivity index (χ1n) is 8.07. The molecule has 1 amide bonds. The molecule has 2 N–H and O–H groups in total. The molecule has 2 fully saturated rings. The maximum Gasteiger partial charge on any atom is 0.410 e. The first kappa shape index (κ1) is 15.6. The number of hydrogen-bond donors (Lipinski definition) is 1. The minimum absolute atomic E-state index is 0.0566. The van der Waals surface area contributed by atoms with Crippen molar-refractivity contribution < 1.29 is 9.53 Å². The lowest BCUT2D eigenvalue weighted by molar-refractivity contribution is 0.00894. The Balaban J connectivity index is 1.96. The van der Waals surface area contributed by atoms with Gasteiger partial charge in [-0.2, -0.15) is 0 Å². The van der Waals surface area contributed by atoms with Crippen LogP contribution in [-0.2, 0) is 4.74 Å². The SMILES string of the molecule is CC(C)(C)OC(=O)N1CCCC(C2(N)CCCCC2)C1. The molecule has 0 aromatic heterocycles. The molecular formula is C16H30N2O2. The number of nitrogens with zero attached hydrogens (tertiary/aromatic N) is 1. The summed E-state index contributed by atoms with van der Waals surface area (Å²) in [5.41, 5.74) is 6.17. The fourth-order valence-corrected chi connectivity index (χ4v) is 3.56. The van der Waals surface area contributed by atoms with E-state index in [1.54, 1.807) is 0 Å². The molecule has 1 aliphatic carbocycles. The summed E-state index contributed by atoms with van der Waals surface area (Å²) in [6, 6.07) is 0. The largest absolute Gasteiger partial charge is 0.444 e. The van der Waals surface area contributed by atoms with Gasteiger partial charge in [-0.05, 0) is 52.4 Å². The predicted octanol–water partition coefficient (Wildman–Crippen LogP) is 3.30. The minimum atomic E-state index is -0.421. The van der Waals surface area contributed by atoms with Crippen molar-refractivity contribution in [3.8, 4) is 0 Å². The molecule has 1 heterocycles. The van der Waals surface area contributed by atoms with Crippen LogP contribution in [0.15, 0.2) is 0 Å². The molecular weight excluding hydrogens is 252 g/mol. The molecule has 2 rings (SSSR count). The number of nitrogens with two attached hydrogens (primary N) is 1. The van der Waals surface area contributed by atoms with Crippen LogP contribution in [-0.4, -0.2) is 35.2 Å². The van der Waals surface area contributed by atoms with E-state index in [0.717, 1.165) is 38.8 Å². The average Bonchev–Trinajstić information content (AvgIpc) is 2.38. The fourth-order valence-electron chi connectivity index (χ4n) is 3.56.